The van der Waals surface area contributed by atoms with E-state index >= 15 is 0 Å². The molecular formula is C9H16O4. The van der Waals surface area contributed by atoms with Crippen molar-refractivity contribution in [1.29, 1.82) is 0 Å². The second-order valence-electron chi connectivity index (χ2n) is 3.32. The highest BCUT2D eigenvalue weighted by Crippen LogP contribution is 2.22. The molecule has 0 aromatic carbocycles. The van der Waals surface area contributed by atoms with Crippen LogP contribution >= 0.6 is 0 Å². The molecule has 0 radical (unpaired) electrons. The molecule has 4 nitrogen and oxygen atoms in total. The minimum Gasteiger partial charge on any atom is -0.394 e. The maximum atomic E-state index is 9.58. The summed E-state index contributed by atoms with van der Waals surface area (Å²) < 4.78 is 5.17. The molecule has 1 aliphatic heterocycles. The van der Waals surface area contributed by atoms with Gasteiger partial charge in [0.2, 0.25) is 0 Å². The van der Waals surface area contributed by atoms with Crippen LogP contribution in [-0.4, -0.2) is 46.8 Å². The summed E-state index contributed by atoms with van der Waals surface area (Å²) in [6.45, 7) is 3.65. The van der Waals surface area contributed by atoms with Crippen LogP contribution < -0.4 is 0 Å². The molecule has 76 valence electrons. The average Bonchev–Trinajstić information content (AvgIpc) is 2.14. The lowest BCUT2D eigenvalue weighted by atomic mass is 9.90. The van der Waals surface area contributed by atoms with Gasteiger partial charge in [0.05, 0.1) is 19.3 Å². The van der Waals surface area contributed by atoms with Crippen LogP contribution in [0.25, 0.3) is 0 Å². The molecule has 0 aromatic heterocycles. The third kappa shape index (κ3) is 2.28. The van der Waals surface area contributed by atoms with E-state index in [1.807, 2.05) is 0 Å². The molecule has 1 aliphatic rings. The highest BCUT2D eigenvalue weighted by Gasteiger charge is 2.37. The van der Waals surface area contributed by atoms with Crippen LogP contribution in [0, 0.1) is 5.92 Å². The first-order chi connectivity index (χ1) is 6.20. The number of aliphatic hydroxyl groups is 3. The number of aliphatic hydroxyl groups excluding tert-OH is 3. The molecular weight excluding hydrogens is 172 g/mol. The van der Waals surface area contributed by atoms with E-state index in [9.17, 15) is 10.2 Å². The Bertz CT molecular complexity index is 171. The summed E-state index contributed by atoms with van der Waals surface area (Å²) in [4.78, 5) is 0. The van der Waals surface area contributed by atoms with Crippen LogP contribution in [0.3, 0.4) is 0 Å². The van der Waals surface area contributed by atoms with Crippen molar-refractivity contribution in [2.45, 2.75) is 24.7 Å². The Kier molecular flexibility index (Phi) is 3.87. The molecule has 4 atom stereocenters. The molecule has 0 bridgehead atoms. The van der Waals surface area contributed by atoms with Gasteiger partial charge in [-0.15, -0.1) is 6.58 Å². The minimum atomic E-state index is -0.997. The second kappa shape index (κ2) is 4.72. The summed E-state index contributed by atoms with van der Waals surface area (Å²) in [5, 5.41) is 27.8. The summed E-state index contributed by atoms with van der Waals surface area (Å²) in [5.41, 5.74) is 0. The van der Waals surface area contributed by atoms with E-state index < -0.39 is 18.3 Å². The normalized spacial score (nSPS) is 40.2. The lowest BCUT2D eigenvalue weighted by Crippen LogP contribution is -2.51. The van der Waals surface area contributed by atoms with Gasteiger partial charge in [0, 0.05) is 5.92 Å². The smallest absolute Gasteiger partial charge is 0.109 e. The molecule has 1 saturated heterocycles. The third-order valence-corrected chi connectivity index (χ3v) is 2.39. The zero-order chi connectivity index (χ0) is 9.84. The fraction of sp³-hybridized carbons (Fsp3) is 0.778. The second-order valence-corrected chi connectivity index (χ2v) is 3.32. The van der Waals surface area contributed by atoms with Gasteiger partial charge < -0.3 is 20.1 Å². The largest absolute Gasteiger partial charge is 0.394 e. The Labute approximate surface area is 77.5 Å². The van der Waals surface area contributed by atoms with E-state index in [0.717, 1.165) is 0 Å². The maximum Gasteiger partial charge on any atom is 0.109 e. The topological polar surface area (TPSA) is 69.9 Å². The lowest BCUT2D eigenvalue weighted by Gasteiger charge is -2.36. The summed E-state index contributed by atoms with van der Waals surface area (Å²) in [5.74, 6) is -0.115. The van der Waals surface area contributed by atoms with Crippen LogP contribution in [-0.2, 0) is 4.74 Å². The van der Waals surface area contributed by atoms with Crippen LogP contribution in [0.5, 0.6) is 0 Å². The number of allylic oxidation sites excluding steroid dienone is 1. The maximum absolute atomic E-state index is 9.58. The fourth-order valence-electron chi connectivity index (χ4n) is 1.53. The molecule has 0 amide bonds. The SMILES string of the molecule is C=CCC1COC(CO)C(O)C1O. The summed E-state index contributed by atoms with van der Waals surface area (Å²) in [6, 6.07) is 0. The number of ether oxygens (including phenoxy) is 1. The number of rotatable bonds is 3. The van der Waals surface area contributed by atoms with Gasteiger partial charge >= 0.3 is 0 Å². The summed E-state index contributed by atoms with van der Waals surface area (Å²) in [7, 11) is 0. The molecule has 0 aliphatic carbocycles. The van der Waals surface area contributed by atoms with Gasteiger partial charge in [-0.05, 0) is 6.42 Å². The van der Waals surface area contributed by atoms with Crippen molar-refractivity contribution in [2.24, 2.45) is 5.92 Å². The van der Waals surface area contributed by atoms with Crippen LogP contribution in [0.4, 0.5) is 0 Å². The zero-order valence-electron chi connectivity index (χ0n) is 7.47. The average molecular weight is 188 g/mol. The van der Waals surface area contributed by atoms with Gasteiger partial charge in [-0.2, -0.15) is 0 Å². The zero-order valence-corrected chi connectivity index (χ0v) is 7.47. The van der Waals surface area contributed by atoms with Gasteiger partial charge in [0.1, 0.15) is 12.2 Å². The summed E-state index contributed by atoms with van der Waals surface area (Å²) >= 11 is 0. The Hall–Kier alpha value is -0.420. The first-order valence-corrected chi connectivity index (χ1v) is 4.40. The van der Waals surface area contributed by atoms with Gasteiger partial charge in [-0.1, -0.05) is 6.08 Å². The predicted octanol–water partition coefficient (Wildman–Crippen LogP) is -0.708. The highest BCUT2D eigenvalue weighted by molar-refractivity contribution is 4.89. The number of hydrogen-bond acceptors (Lipinski definition) is 4. The van der Waals surface area contributed by atoms with Crippen molar-refractivity contribution in [3.63, 3.8) is 0 Å². The highest BCUT2D eigenvalue weighted by atomic mass is 16.5. The standard InChI is InChI=1S/C9H16O4/c1-2-3-6-5-13-7(4-10)9(12)8(6)11/h2,6-12H,1,3-5H2. The molecule has 1 rings (SSSR count). The minimum absolute atomic E-state index is 0.115. The van der Waals surface area contributed by atoms with E-state index in [2.05, 4.69) is 6.58 Å². The van der Waals surface area contributed by atoms with E-state index in [4.69, 9.17) is 9.84 Å². The van der Waals surface area contributed by atoms with Gasteiger partial charge in [-0.3, -0.25) is 0 Å². The fourth-order valence-corrected chi connectivity index (χ4v) is 1.53. The molecule has 3 N–H and O–H groups in total. The quantitative estimate of drug-likeness (QED) is 0.512. The van der Waals surface area contributed by atoms with E-state index in [1.165, 1.54) is 0 Å². The van der Waals surface area contributed by atoms with Crippen LogP contribution in [0.15, 0.2) is 12.7 Å². The summed E-state index contributed by atoms with van der Waals surface area (Å²) in [6.07, 6.45) is -0.191. The Balaban J connectivity index is 2.53. The molecule has 0 spiro atoms. The molecule has 0 saturated carbocycles. The van der Waals surface area contributed by atoms with Crippen molar-refractivity contribution in [3.05, 3.63) is 12.7 Å². The Morgan fingerprint density at radius 3 is 2.62 bits per heavy atom. The van der Waals surface area contributed by atoms with Gasteiger partial charge in [-0.25, -0.2) is 0 Å². The molecule has 1 fully saturated rings. The van der Waals surface area contributed by atoms with Gasteiger partial charge in [0.15, 0.2) is 0 Å². The first-order valence-electron chi connectivity index (χ1n) is 4.40. The third-order valence-electron chi connectivity index (χ3n) is 2.39. The predicted molar refractivity (Wildman–Crippen MR) is 47.1 cm³/mol. The van der Waals surface area contributed by atoms with E-state index in [0.29, 0.717) is 13.0 Å². The molecule has 1 heterocycles. The Morgan fingerprint density at radius 1 is 1.38 bits per heavy atom. The van der Waals surface area contributed by atoms with Gasteiger partial charge in [0.25, 0.3) is 0 Å². The van der Waals surface area contributed by atoms with Crippen LogP contribution in [0.2, 0.25) is 0 Å². The van der Waals surface area contributed by atoms with Crippen molar-refractivity contribution < 1.29 is 20.1 Å². The van der Waals surface area contributed by atoms with Crippen molar-refractivity contribution >= 4 is 0 Å². The van der Waals surface area contributed by atoms with Crippen molar-refractivity contribution in [3.8, 4) is 0 Å². The lowest BCUT2D eigenvalue weighted by molar-refractivity contribution is -0.173. The molecule has 4 unspecified atom stereocenters. The molecule has 13 heavy (non-hydrogen) atoms. The first kappa shape index (κ1) is 10.7. The van der Waals surface area contributed by atoms with Crippen LogP contribution in [0.1, 0.15) is 6.42 Å². The monoisotopic (exact) mass is 188 g/mol. The number of hydrogen-bond donors (Lipinski definition) is 3. The van der Waals surface area contributed by atoms with E-state index in [-0.39, 0.29) is 12.5 Å². The van der Waals surface area contributed by atoms with E-state index in [1.54, 1.807) is 6.08 Å². The molecule has 0 aromatic rings. The van der Waals surface area contributed by atoms with Crippen molar-refractivity contribution in [2.75, 3.05) is 13.2 Å². The Morgan fingerprint density at radius 2 is 2.08 bits per heavy atom. The molecule has 4 heteroatoms. The van der Waals surface area contributed by atoms with Crippen molar-refractivity contribution in [1.82, 2.24) is 0 Å².